The van der Waals surface area contributed by atoms with Gasteiger partial charge >= 0.3 is 6.03 Å². The number of benzene rings is 1. The molecule has 1 unspecified atom stereocenters. The molecule has 2 aliphatic heterocycles. The number of nitrogens with zero attached hydrogens (tertiary/aromatic N) is 2. The van der Waals surface area contributed by atoms with E-state index < -0.39 is 0 Å². The van der Waals surface area contributed by atoms with Gasteiger partial charge in [-0.15, -0.1) is 0 Å². The lowest BCUT2D eigenvalue weighted by molar-refractivity contribution is -0.139. The zero-order chi connectivity index (χ0) is 18.4. The van der Waals surface area contributed by atoms with Gasteiger partial charge in [0.05, 0.1) is 12.6 Å². The van der Waals surface area contributed by atoms with Crippen molar-refractivity contribution in [2.24, 2.45) is 0 Å². The van der Waals surface area contributed by atoms with Gasteiger partial charge in [0.2, 0.25) is 11.8 Å². The Morgan fingerprint density at radius 3 is 2.69 bits per heavy atom. The molecule has 2 heterocycles. The lowest BCUT2D eigenvalue weighted by Crippen LogP contribution is -2.55. The second-order valence-electron chi connectivity index (χ2n) is 6.47. The molecule has 0 aliphatic carbocycles. The minimum Gasteiger partial charge on any atom is -0.376 e. The normalized spacial score (nSPS) is 20.2. The number of hydrogen-bond acceptors (Lipinski definition) is 4. The lowest BCUT2D eigenvalue weighted by Gasteiger charge is -2.34. The molecule has 4 amide bonds. The van der Waals surface area contributed by atoms with Crippen molar-refractivity contribution in [2.45, 2.75) is 18.9 Å². The molecule has 0 spiro atoms. The van der Waals surface area contributed by atoms with Crippen LogP contribution in [0, 0.1) is 0 Å². The third-order valence-electron chi connectivity index (χ3n) is 4.52. The van der Waals surface area contributed by atoms with Gasteiger partial charge in [0.1, 0.15) is 6.54 Å². The van der Waals surface area contributed by atoms with Crippen LogP contribution in [0.2, 0.25) is 0 Å². The summed E-state index contributed by atoms with van der Waals surface area (Å²) in [5, 5.41) is 5.57. The van der Waals surface area contributed by atoms with Crippen molar-refractivity contribution in [2.75, 3.05) is 44.6 Å². The van der Waals surface area contributed by atoms with Gasteiger partial charge in [-0.1, -0.05) is 18.2 Å². The maximum Gasteiger partial charge on any atom is 0.322 e. The van der Waals surface area contributed by atoms with Gasteiger partial charge in [-0.3, -0.25) is 9.59 Å². The molecule has 0 saturated carbocycles. The highest BCUT2D eigenvalue weighted by molar-refractivity contribution is 5.94. The molecule has 26 heavy (non-hydrogen) atoms. The van der Waals surface area contributed by atoms with Crippen LogP contribution in [0.3, 0.4) is 0 Å². The van der Waals surface area contributed by atoms with E-state index in [0.29, 0.717) is 25.3 Å². The van der Waals surface area contributed by atoms with Gasteiger partial charge in [-0.2, -0.15) is 0 Å². The van der Waals surface area contributed by atoms with Crippen LogP contribution in [-0.4, -0.2) is 73.1 Å². The number of hydrogen-bond donors (Lipinski definition) is 2. The summed E-state index contributed by atoms with van der Waals surface area (Å²) in [7, 11) is 0. The van der Waals surface area contributed by atoms with Crippen LogP contribution in [-0.2, 0) is 14.3 Å². The van der Waals surface area contributed by atoms with Gasteiger partial charge < -0.3 is 25.2 Å². The van der Waals surface area contributed by atoms with Gasteiger partial charge in [-0.05, 0) is 25.0 Å². The molecular formula is C18H24N4O4. The molecule has 2 N–H and O–H groups in total. The van der Waals surface area contributed by atoms with Gasteiger partial charge in [0.15, 0.2) is 0 Å². The summed E-state index contributed by atoms with van der Waals surface area (Å²) < 4.78 is 5.46. The van der Waals surface area contributed by atoms with Crippen molar-refractivity contribution in [3.63, 3.8) is 0 Å². The van der Waals surface area contributed by atoms with Crippen LogP contribution < -0.4 is 10.6 Å². The zero-order valence-corrected chi connectivity index (χ0v) is 14.6. The Morgan fingerprint density at radius 2 is 2.00 bits per heavy atom. The highest BCUT2D eigenvalue weighted by Crippen LogP contribution is 2.11. The molecular weight excluding hydrogens is 336 g/mol. The van der Waals surface area contributed by atoms with E-state index in [1.807, 2.05) is 18.2 Å². The molecule has 0 radical (unpaired) electrons. The highest BCUT2D eigenvalue weighted by atomic mass is 16.5. The number of piperazine rings is 1. The summed E-state index contributed by atoms with van der Waals surface area (Å²) in [6.07, 6.45) is 2.05. The number of nitrogens with one attached hydrogen (secondary N) is 2. The smallest absolute Gasteiger partial charge is 0.322 e. The van der Waals surface area contributed by atoms with Crippen molar-refractivity contribution < 1.29 is 19.1 Å². The average molecular weight is 360 g/mol. The Bertz CT molecular complexity index is 646. The average Bonchev–Trinajstić information content (AvgIpc) is 3.16. The van der Waals surface area contributed by atoms with Crippen LogP contribution in [0.1, 0.15) is 12.8 Å². The Labute approximate surface area is 152 Å². The van der Waals surface area contributed by atoms with Crippen LogP contribution in [0.15, 0.2) is 30.3 Å². The Balaban J connectivity index is 1.42. The second-order valence-corrected chi connectivity index (χ2v) is 6.47. The lowest BCUT2D eigenvalue weighted by atomic mass is 10.2. The first-order valence-electron chi connectivity index (χ1n) is 8.89. The molecule has 1 atom stereocenters. The van der Waals surface area contributed by atoms with E-state index in [-0.39, 0.29) is 37.0 Å². The molecule has 0 aromatic heterocycles. The summed E-state index contributed by atoms with van der Waals surface area (Å²) in [5.74, 6) is -0.428. The molecule has 2 fully saturated rings. The second kappa shape index (κ2) is 8.66. The number of para-hydroxylation sites is 1. The van der Waals surface area contributed by atoms with E-state index in [9.17, 15) is 14.4 Å². The standard InChI is InChI=1S/C18H24N4O4/c23-16(19-11-15-7-4-10-26-15)12-21-8-9-22(13-17(21)24)18(25)20-14-5-2-1-3-6-14/h1-3,5-6,15H,4,7-13H2,(H,19,23)(H,20,25). The van der Waals surface area contributed by atoms with Crippen molar-refractivity contribution in [1.29, 1.82) is 0 Å². The largest absolute Gasteiger partial charge is 0.376 e. The molecule has 2 aliphatic rings. The Kier molecular flexibility index (Phi) is 6.06. The number of carbonyl (C=O) groups is 3. The number of amides is 4. The van der Waals surface area contributed by atoms with E-state index in [2.05, 4.69) is 10.6 Å². The summed E-state index contributed by atoms with van der Waals surface area (Å²) in [5.41, 5.74) is 0.681. The molecule has 8 heteroatoms. The fourth-order valence-corrected chi connectivity index (χ4v) is 3.04. The molecule has 0 bridgehead atoms. The zero-order valence-electron chi connectivity index (χ0n) is 14.6. The molecule has 2 saturated heterocycles. The first-order valence-corrected chi connectivity index (χ1v) is 8.89. The Hall–Kier alpha value is -2.61. The fourth-order valence-electron chi connectivity index (χ4n) is 3.04. The van der Waals surface area contributed by atoms with E-state index in [4.69, 9.17) is 4.74 Å². The predicted molar refractivity (Wildman–Crippen MR) is 95.6 cm³/mol. The quantitative estimate of drug-likeness (QED) is 0.807. The number of carbonyl (C=O) groups excluding carboxylic acids is 3. The number of anilines is 1. The summed E-state index contributed by atoms with van der Waals surface area (Å²) in [4.78, 5) is 39.5. The van der Waals surface area contributed by atoms with Crippen LogP contribution in [0.4, 0.5) is 10.5 Å². The number of urea groups is 1. The third kappa shape index (κ3) is 4.95. The summed E-state index contributed by atoms with van der Waals surface area (Å²) in [6.45, 7) is 1.94. The molecule has 8 nitrogen and oxygen atoms in total. The van der Waals surface area contributed by atoms with Gasteiger partial charge in [0, 0.05) is 31.9 Å². The van der Waals surface area contributed by atoms with Crippen LogP contribution >= 0.6 is 0 Å². The van der Waals surface area contributed by atoms with E-state index >= 15 is 0 Å². The van der Waals surface area contributed by atoms with E-state index in [1.54, 1.807) is 12.1 Å². The number of ether oxygens (including phenoxy) is 1. The monoisotopic (exact) mass is 360 g/mol. The molecule has 1 aromatic rings. The summed E-state index contributed by atoms with van der Waals surface area (Å²) >= 11 is 0. The molecule has 140 valence electrons. The van der Waals surface area contributed by atoms with Crippen molar-refractivity contribution in [3.05, 3.63) is 30.3 Å². The predicted octanol–water partition coefficient (Wildman–Crippen LogP) is 0.658. The summed E-state index contributed by atoms with van der Waals surface area (Å²) in [6, 6.07) is 8.78. The fraction of sp³-hybridized carbons (Fsp3) is 0.500. The maximum absolute atomic E-state index is 12.3. The van der Waals surface area contributed by atoms with Gasteiger partial charge in [-0.25, -0.2) is 4.79 Å². The third-order valence-corrected chi connectivity index (χ3v) is 4.52. The number of rotatable bonds is 5. The molecule has 1 aromatic carbocycles. The first kappa shape index (κ1) is 18.2. The highest BCUT2D eigenvalue weighted by Gasteiger charge is 2.28. The SMILES string of the molecule is O=C(CN1CCN(C(=O)Nc2ccccc2)CC1=O)NCC1CCCO1. The van der Waals surface area contributed by atoms with Crippen LogP contribution in [0.25, 0.3) is 0 Å². The first-order chi connectivity index (χ1) is 12.6. The van der Waals surface area contributed by atoms with Gasteiger partial charge in [0.25, 0.3) is 0 Å². The van der Waals surface area contributed by atoms with Crippen molar-refractivity contribution >= 4 is 23.5 Å². The minimum absolute atomic E-state index is 0.0136. The van der Waals surface area contributed by atoms with Crippen molar-refractivity contribution in [1.82, 2.24) is 15.1 Å². The Morgan fingerprint density at radius 1 is 1.19 bits per heavy atom. The molecule has 3 rings (SSSR count). The van der Waals surface area contributed by atoms with Crippen molar-refractivity contribution in [3.8, 4) is 0 Å². The van der Waals surface area contributed by atoms with E-state index in [1.165, 1.54) is 9.80 Å². The van der Waals surface area contributed by atoms with E-state index in [0.717, 1.165) is 19.4 Å². The van der Waals surface area contributed by atoms with Crippen LogP contribution in [0.5, 0.6) is 0 Å². The maximum atomic E-state index is 12.3. The topological polar surface area (TPSA) is 91.0 Å². The minimum atomic E-state index is -0.313.